The van der Waals surface area contributed by atoms with Crippen LogP contribution in [0.15, 0.2) is 42.6 Å². The molecule has 0 amide bonds. The van der Waals surface area contributed by atoms with Crippen molar-refractivity contribution in [1.29, 1.82) is 0 Å². The van der Waals surface area contributed by atoms with E-state index >= 15 is 0 Å². The fraction of sp³-hybridized carbons (Fsp3) is 0.111. The molecule has 0 aliphatic carbocycles. The van der Waals surface area contributed by atoms with Gasteiger partial charge in [0.15, 0.2) is 5.78 Å². The van der Waals surface area contributed by atoms with Crippen LogP contribution in [-0.2, 0) is 4.79 Å². The highest BCUT2D eigenvalue weighted by atomic mass is 35.5. The van der Waals surface area contributed by atoms with Crippen molar-refractivity contribution in [3.05, 3.63) is 70.4 Å². The van der Waals surface area contributed by atoms with Crippen LogP contribution in [0.4, 0.5) is 8.78 Å². The number of nitrogens with one attached hydrogen (secondary N) is 1. The molecule has 1 atom stereocenters. The largest absolute Gasteiger partial charge is 0.481 e. The summed E-state index contributed by atoms with van der Waals surface area (Å²) in [5.41, 5.74) is 0.694. The molecular formula is C18H12ClF2NO3. The molecule has 0 aliphatic heterocycles. The Morgan fingerprint density at radius 3 is 2.60 bits per heavy atom. The van der Waals surface area contributed by atoms with Crippen LogP contribution in [0.1, 0.15) is 28.3 Å². The van der Waals surface area contributed by atoms with Crippen LogP contribution in [0.3, 0.4) is 0 Å². The van der Waals surface area contributed by atoms with E-state index < -0.39 is 35.7 Å². The highest BCUT2D eigenvalue weighted by Gasteiger charge is 2.27. The lowest BCUT2D eigenvalue weighted by Gasteiger charge is -2.11. The maximum absolute atomic E-state index is 13.8. The third kappa shape index (κ3) is 3.39. The Labute approximate surface area is 146 Å². The summed E-state index contributed by atoms with van der Waals surface area (Å²) in [5, 5.41) is 10.6. The van der Waals surface area contributed by atoms with E-state index in [0.717, 1.165) is 12.1 Å². The molecule has 4 nitrogen and oxygen atoms in total. The van der Waals surface area contributed by atoms with Crippen LogP contribution in [0.5, 0.6) is 0 Å². The number of fused-ring (bicyclic) bond motifs is 1. The Hall–Kier alpha value is -2.73. The Morgan fingerprint density at radius 2 is 1.92 bits per heavy atom. The Kier molecular flexibility index (Phi) is 4.55. The molecule has 1 aromatic heterocycles. The van der Waals surface area contributed by atoms with Gasteiger partial charge in [-0.3, -0.25) is 9.59 Å². The third-order valence-electron chi connectivity index (χ3n) is 3.97. The zero-order valence-electron chi connectivity index (χ0n) is 12.7. The maximum Gasteiger partial charge on any atom is 0.311 e. The summed E-state index contributed by atoms with van der Waals surface area (Å²) in [4.78, 5) is 26.9. The average Bonchev–Trinajstić information content (AvgIpc) is 2.94. The number of hydrogen-bond donors (Lipinski definition) is 2. The SMILES string of the molecule is O=C(CC(C(=O)O)c1c[nH]c2cc(Cl)ccc12)c1ccc(F)cc1F. The lowest BCUT2D eigenvalue weighted by atomic mass is 9.91. The number of aromatic nitrogens is 1. The summed E-state index contributed by atoms with van der Waals surface area (Å²) < 4.78 is 26.7. The third-order valence-corrected chi connectivity index (χ3v) is 4.21. The molecule has 25 heavy (non-hydrogen) atoms. The molecular weight excluding hydrogens is 352 g/mol. The van der Waals surface area contributed by atoms with Crippen LogP contribution in [0, 0.1) is 11.6 Å². The Bertz CT molecular complexity index is 984. The number of benzene rings is 2. The fourth-order valence-corrected chi connectivity index (χ4v) is 2.92. The molecule has 2 N–H and O–H groups in total. The molecule has 2 aromatic carbocycles. The second-order valence-corrected chi connectivity index (χ2v) is 6.01. The number of rotatable bonds is 5. The van der Waals surface area contributed by atoms with Gasteiger partial charge in [-0.25, -0.2) is 8.78 Å². The molecule has 0 aliphatic rings. The minimum Gasteiger partial charge on any atom is -0.481 e. The number of hydrogen-bond acceptors (Lipinski definition) is 2. The molecule has 3 aromatic rings. The van der Waals surface area contributed by atoms with Gasteiger partial charge in [-0.15, -0.1) is 0 Å². The van der Waals surface area contributed by atoms with Crippen LogP contribution in [0.25, 0.3) is 10.9 Å². The zero-order valence-corrected chi connectivity index (χ0v) is 13.5. The number of carboxylic acids is 1. The van der Waals surface area contributed by atoms with Gasteiger partial charge in [0, 0.05) is 34.6 Å². The van der Waals surface area contributed by atoms with E-state index in [9.17, 15) is 23.5 Å². The summed E-state index contributed by atoms with van der Waals surface area (Å²) >= 11 is 5.90. The van der Waals surface area contributed by atoms with Gasteiger partial charge >= 0.3 is 5.97 Å². The fourth-order valence-electron chi connectivity index (χ4n) is 2.75. The van der Waals surface area contributed by atoms with Gasteiger partial charge in [-0.2, -0.15) is 0 Å². The number of aromatic amines is 1. The summed E-state index contributed by atoms with van der Waals surface area (Å²) in [6.07, 6.45) is 1.04. The quantitative estimate of drug-likeness (QED) is 0.654. The summed E-state index contributed by atoms with van der Waals surface area (Å²) in [7, 11) is 0. The van der Waals surface area contributed by atoms with Crippen LogP contribution in [-0.4, -0.2) is 21.8 Å². The minimum atomic E-state index is -1.22. The normalized spacial score (nSPS) is 12.3. The Morgan fingerprint density at radius 1 is 1.16 bits per heavy atom. The minimum absolute atomic E-state index is 0.337. The Balaban J connectivity index is 1.96. The van der Waals surface area contributed by atoms with Gasteiger partial charge in [-0.05, 0) is 29.8 Å². The molecule has 0 saturated heterocycles. The molecule has 0 bridgehead atoms. The second kappa shape index (κ2) is 6.64. The number of aliphatic carboxylic acids is 1. The summed E-state index contributed by atoms with van der Waals surface area (Å²) in [6.45, 7) is 0. The van der Waals surface area contributed by atoms with E-state index in [1.54, 1.807) is 18.2 Å². The smallest absolute Gasteiger partial charge is 0.311 e. The topological polar surface area (TPSA) is 70.2 Å². The van der Waals surface area contributed by atoms with Crippen molar-refractivity contribution in [3.63, 3.8) is 0 Å². The number of H-pyrrole nitrogens is 1. The van der Waals surface area contributed by atoms with Crippen molar-refractivity contribution in [2.24, 2.45) is 0 Å². The van der Waals surface area contributed by atoms with Gasteiger partial charge in [0.1, 0.15) is 11.6 Å². The lowest BCUT2D eigenvalue weighted by molar-refractivity contribution is -0.138. The van der Waals surface area contributed by atoms with Crippen molar-refractivity contribution in [3.8, 4) is 0 Å². The highest BCUT2D eigenvalue weighted by Crippen LogP contribution is 2.31. The number of carbonyl (C=O) groups is 2. The first-order valence-corrected chi connectivity index (χ1v) is 7.72. The number of carboxylic acid groups (broad SMARTS) is 1. The van der Waals surface area contributed by atoms with Crippen LogP contribution < -0.4 is 0 Å². The van der Waals surface area contributed by atoms with Gasteiger partial charge in [-0.1, -0.05) is 17.7 Å². The molecule has 0 fully saturated rings. The van der Waals surface area contributed by atoms with Gasteiger partial charge < -0.3 is 10.1 Å². The lowest BCUT2D eigenvalue weighted by Crippen LogP contribution is -2.17. The van der Waals surface area contributed by atoms with E-state index in [0.29, 0.717) is 27.6 Å². The highest BCUT2D eigenvalue weighted by molar-refractivity contribution is 6.31. The van der Waals surface area contributed by atoms with Gasteiger partial charge in [0.05, 0.1) is 11.5 Å². The molecule has 1 unspecified atom stereocenters. The van der Waals surface area contributed by atoms with E-state index in [2.05, 4.69) is 4.98 Å². The number of carbonyl (C=O) groups excluding carboxylic acids is 1. The predicted molar refractivity (Wildman–Crippen MR) is 89.0 cm³/mol. The predicted octanol–water partition coefficient (Wildman–Crippen LogP) is 4.54. The first-order valence-electron chi connectivity index (χ1n) is 7.34. The van der Waals surface area contributed by atoms with Crippen molar-refractivity contribution in [1.82, 2.24) is 4.98 Å². The van der Waals surface area contributed by atoms with E-state index in [-0.39, 0.29) is 5.56 Å². The molecule has 7 heteroatoms. The summed E-state index contributed by atoms with van der Waals surface area (Å²) in [5.74, 6) is -4.93. The number of halogens is 3. The molecule has 128 valence electrons. The maximum atomic E-state index is 13.8. The van der Waals surface area contributed by atoms with Crippen molar-refractivity contribution >= 4 is 34.3 Å². The van der Waals surface area contributed by atoms with E-state index in [1.807, 2.05) is 0 Å². The molecule has 1 heterocycles. The van der Waals surface area contributed by atoms with E-state index in [4.69, 9.17) is 11.6 Å². The number of Topliss-reactive ketones (excluding diaryl/α,β-unsaturated/α-hetero) is 1. The van der Waals surface area contributed by atoms with Crippen LogP contribution in [0.2, 0.25) is 5.02 Å². The van der Waals surface area contributed by atoms with Gasteiger partial charge in [0.25, 0.3) is 0 Å². The van der Waals surface area contributed by atoms with E-state index in [1.165, 1.54) is 6.20 Å². The molecule has 3 rings (SSSR count). The second-order valence-electron chi connectivity index (χ2n) is 5.58. The van der Waals surface area contributed by atoms with Crippen molar-refractivity contribution in [2.45, 2.75) is 12.3 Å². The van der Waals surface area contributed by atoms with Crippen LogP contribution >= 0.6 is 11.6 Å². The number of ketones is 1. The first kappa shape index (κ1) is 17.1. The summed E-state index contributed by atoms with van der Waals surface area (Å²) in [6, 6.07) is 7.47. The molecule has 0 saturated carbocycles. The van der Waals surface area contributed by atoms with Crippen molar-refractivity contribution in [2.75, 3.05) is 0 Å². The average molecular weight is 364 g/mol. The van der Waals surface area contributed by atoms with Gasteiger partial charge in [0.2, 0.25) is 0 Å². The monoisotopic (exact) mass is 363 g/mol. The van der Waals surface area contributed by atoms with Crippen molar-refractivity contribution < 1.29 is 23.5 Å². The molecule has 0 spiro atoms. The molecule has 0 radical (unpaired) electrons. The first-order chi connectivity index (χ1) is 11.9. The standard InChI is InChI=1S/C18H12ClF2NO3/c19-9-1-3-11-14(8-22-16(11)5-9)13(18(24)25)7-17(23)12-4-2-10(20)6-15(12)21/h1-6,8,13,22H,7H2,(H,24,25). The zero-order chi connectivity index (χ0) is 18.1.